The van der Waals surface area contributed by atoms with Crippen molar-refractivity contribution in [3.63, 3.8) is 0 Å². The van der Waals surface area contributed by atoms with Crippen molar-refractivity contribution in [2.75, 3.05) is 19.5 Å². The van der Waals surface area contributed by atoms with Gasteiger partial charge in [-0.15, -0.1) is 0 Å². The summed E-state index contributed by atoms with van der Waals surface area (Å²) in [5.41, 5.74) is 0.423. The molecule has 7 heteroatoms. The van der Waals surface area contributed by atoms with Crippen LogP contribution in [0.2, 0.25) is 5.02 Å². The molecule has 0 fully saturated rings. The minimum Gasteiger partial charge on any atom is -0.497 e. The average Bonchev–Trinajstić information content (AvgIpc) is 2.48. The maximum Gasteiger partial charge on any atom is 0.407 e. The molecule has 22 heavy (non-hydrogen) atoms. The van der Waals surface area contributed by atoms with Crippen LogP contribution in [0.3, 0.4) is 0 Å². The van der Waals surface area contributed by atoms with Crippen LogP contribution < -0.4 is 15.4 Å². The van der Waals surface area contributed by atoms with Crippen molar-refractivity contribution in [1.82, 2.24) is 5.32 Å². The van der Waals surface area contributed by atoms with E-state index in [2.05, 4.69) is 15.4 Å². The average molecular weight is 329 g/mol. The molecule has 0 spiro atoms. The Balaban J connectivity index is 2.87. The number of methoxy groups -OCH3 is 2. The third-order valence-corrected chi connectivity index (χ3v) is 3.26. The number of amides is 2. The Morgan fingerprint density at radius 1 is 1.27 bits per heavy atom. The van der Waals surface area contributed by atoms with Crippen LogP contribution in [0.1, 0.15) is 20.3 Å². The first-order valence-electron chi connectivity index (χ1n) is 6.86. The molecule has 0 aliphatic rings. The first kappa shape index (κ1) is 18.1. The van der Waals surface area contributed by atoms with Crippen molar-refractivity contribution < 1.29 is 19.1 Å². The van der Waals surface area contributed by atoms with Gasteiger partial charge in [0.1, 0.15) is 11.8 Å². The smallest absolute Gasteiger partial charge is 0.407 e. The van der Waals surface area contributed by atoms with Gasteiger partial charge in [-0.05, 0) is 24.5 Å². The summed E-state index contributed by atoms with van der Waals surface area (Å²) in [6.07, 6.45) is -0.180. The molecule has 0 saturated carbocycles. The summed E-state index contributed by atoms with van der Waals surface area (Å²) in [5, 5.41) is 5.60. The second-order valence-corrected chi connectivity index (χ2v) is 5.56. The van der Waals surface area contributed by atoms with Crippen molar-refractivity contribution in [1.29, 1.82) is 0 Å². The number of halogens is 1. The molecular formula is C15H21ClN2O4. The fourth-order valence-corrected chi connectivity index (χ4v) is 2.02. The maximum atomic E-state index is 12.4. The number of carbonyl (C=O) groups excluding carboxylic acids is 2. The van der Waals surface area contributed by atoms with Gasteiger partial charge in [0, 0.05) is 6.07 Å². The molecule has 0 saturated heterocycles. The quantitative estimate of drug-likeness (QED) is 0.841. The summed E-state index contributed by atoms with van der Waals surface area (Å²) in [5.74, 6) is 0.420. The monoisotopic (exact) mass is 328 g/mol. The van der Waals surface area contributed by atoms with Crippen LogP contribution in [0.4, 0.5) is 10.5 Å². The Hall–Kier alpha value is -1.95. The Kier molecular flexibility index (Phi) is 6.98. The van der Waals surface area contributed by atoms with Crippen molar-refractivity contribution in [3.05, 3.63) is 23.2 Å². The van der Waals surface area contributed by atoms with Crippen LogP contribution in [-0.2, 0) is 9.53 Å². The van der Waals surface area contributed by atoms with Gasteiger partial charge in [-0.1, -0.05) is 25.4 Å². The van der Waals surface area contributed by atoms with Crippen LogP contribution in [0, 0.1) is 5.92 Å². The Bertz CT molecular complexity index is 534. The molecule has 1 atom stereocenters. The lowest BCUT2D eigenvalue weighted by Gasteiger charge is -2.20. The van der Waals surface area contributed by atoms with Crippen LogP contribution in [0.5, 0.6) is 5.75 Å². The predicted octanol–water partition coefficient (Wildman–Crippen LogP) is 3.06. The largest absolute Gasteiger partial charge is 0.497 e. The summed E-state index contributed by atoms with van der Waals surface area (Å²) in [4.78, 5) is 23.7. The summed E-state index contributed by atoms with van der Waals surface area (Å²) in [6.45, 7) is 3.91. The summed E-state index contributed by atoms with van der Waals surface area (Å²) >= 11 is 6.06. The summed E-state index contributed by atoms with van der Waals surface area (Å²) in [7, 11) is 2.77. The normalized spacial score (nSPS) is 11.7. The van der Waals surface area contributed by atoms with Crippen LogP contribution in [-0.4, -0.2) is 32.3 Å². The number of rotatable bonds is 6. The van der Waals surface area contributed by atoms with E-state index in [0.717, 1.165) is 0 Å². The molecule has 0 heterocycles. The van der Waals surface area contributed by atoms with E-state index in [1.807, 2.05) is 13.8 Å². The van der Waals surface area contributed by atoms with Crippen molar-refractivity contribution >= 4 is 29.3 Å². The highest BCUT2D eigenvalue weighted by atomic mass is 35.5. The molecule has 122 valence electrons. The number of alkyl carbamates (subject to hydrolysis) is 1. The number of ether oxygens (including phenoxy) is 2. The SMILES string of the molecule is COC(=O)N[C@H](CC(C)C)C(=O)Nc1cc(OC)ccc1Cl. The minimum absolute atomic E-state index is 0.216. The van der Waals surface area contributed by atoms with E-state index < -0.39 is 12.1 Å². The third kappa shape index (κ3) is 5.44. The molecule has 2 amide bonds. The van der Waals surface area contributed by atoms with Gasteiger partial charge in [0.15, 0.2) is 0 Å². The number of benzene rings is 1. The third-order valence-electron chi connectivity index (χ3n) is 2.93. The molecule has 1 rings (SSSR count). The van der Waals surface area contributed by atoms with E-state index in [1.165, 1.54) is 14.2 Å². The highest BCUT2D eigenvalue weighted by Crippen LogP contribution is 2.27. The van der Waals surface area contributed by atoms with Crippen LogP contribution >= 0.6 is 11.6 Å². The van der Waals surface area contributed by atoms with Gasteiger partial charge in [-0.2, -0.15) is 0 Å². The van der Waals surface area contributed by atoms with E-state index in [-0.39, 0.29) is 11.8 Å². The van der Waals surface area contributed by atoms with E-state index >= 15 is 0 Å². The molecule has 0 aromatic heterocycles. The van der Waals surface area contributed by atoms with Gasteiger partial charge in [-0.25, -0.2) is 4.79 Å². The molecule has 0 bridgehead atoms. The first-order valence-corrected chi connectivity index (χ1v) is 7.24. The zero-order valence-electron chi connectivity index (χ0n) is 13.1. The molecule has 0 aliphatic carbocycles. The number of carbonyl (C=O) groups is 2. The fraction of sp³-hybridized carbons (Fsp3) is 0.467. The van der Waals surface area contributed by atoms with Gasteiger partial charge in [0.2, 0.25) is 5.91 Å². The van der Waals surface area contributed by atoms with E-state index in [9.17, 15) is 9.59 Å². The Morgan fingerprint density at radius 2 is 1.95 bits per heavy atom. The molecule has 1 aromatic carbocycles. The lowest BCUT2D eigenvalue weighted by Crippen LogP contribution is -2.44. The van der Waals surface area contributed by atoms with Crippen LogP contribution in [0.15, 0.2) is 18.2 Å². The molecule has 6 nitrogen and oxygen atoms in total. The van der Waals surface area contributed by atoms with Crippen molar-refractivity contribution in [3.8, 4) is 5.75 Å². The zero-order valence-corrected chi connectivity index (χ0v) is 13.9. The van der Waals surface area contributed by atoms with Crippen LogP contribution in [0.25, 0.3) is 0 Å². The van der Waals surface area contributed by atoms with E-state index in [4.69, 9.17) is 16.3 Å². The zero-order chi connectivity index (χ0) is 16.7. The van der Waals surface area contributed by atoms with Gasteiger partial charge < -0.3 is 20.1 Å². The number of hydrogen-bond acceptors (Lipinski definition) is 4. The highest BCUT2D eigenvalue weighted by molar-refractivity contribution is 6.33. The second-order valence-electron chi connectivity index (χ2n) is 5.15. The minimum atomic E-state index is -0.713. The molecule has 0 radical (unpaired) electrons. The number of hydrogen-bond donors (Lipinski definition) is 2. The van der Waals surface area contributed by atoms with E-state index in [1.54, 1.807) is 18.2 Å². The Morgan fingerprint density at radius 3 is 2.50 bits per heavy atom. The van der Waals surface area contributed by atoms with Gasteiger partial charge in [0.25, 0.3) is 0 Å². The fourth-order valence-electron chi connectivity index (χ4n) is 1.85. The molecule has 2 N–H and O–H groups in total. The molecule has 0 unspecified atom stereocenters. The molecular weight excluding hydrogens is 308 g/mol. The summed E-state index contributed by atoms with van der Waals surface area (Å²) < 4.78 is 9.65. The first-order chi connectivity index (χ1) is 10.4. The van der Waals surface area contributed by atoms with Gasteiger partial charge in [-0.3, -0.25) is 4.79 Å². The summed E-state index contributed by atoms with van der Waals surface area (Å²) in [6, 6.07) is 4.22. The second kappa shape index (κ2) is 8.48. The number of nitrogens with one attached hydrogen (secondary N) is 2. The topological polar surface area (TPSA) is 76.7 Å². The lowest BCUT2D eigenvalue weighted by molar-refractivity contribution is -0.118. The maximum absolute atomic E-state index is 12.4. The standard InChI is InChI=1S/C15H21ClN2O4/c1-9(2)7-13(18-15(20)22-4)14(19)17-12-8-10(21-3)5-6-11(12)16/h5-6,8-9,13H,7H2,1-4H3,(H,17,19)(H,18,20)/t13-/m1/s1. The molecule has 1 aromatic rings. The van der Waals surface area contributed by atoms with Gasteiger partial charge >= 0.3 is 6.09 Å². The molecule has 0 aliphatic heterocycles. The number of anilines is 1. The lowest BCUT2D eigenvalue weighted by atomic mass is 10.0. The predicted molar refractivity (Wildman–Crippen MR) is 85.4 cm³/mol. The van der Waals surface area contributed by atoms with Crippen molar-refractivity contribution in [2.24, 2.45) is 5.92 Å². The highest BCUT2D eigenvalue weighted by Gasteiger charge is 2.23. The van der Waals surface area contributed by atoms with E-state index in [0.29, 0.717) is 22.9 Å². The van der Waals surface area contributed by atoms with Gasteiger partial charge in [0.05, 0.1) is 24.9 Å². The Labute approximate surface area is 135 Å². The van der Waals surface area contributed by atoms with Crippen molar-refractivity contribution in [2.45, 2.75) is 26.3 Å².